The van der Waals surface area contributed by atoms with Crippen molar-refractivity contribution in [3.8, 4) is 0 Å². The van der Waals surface area contributed by atoms with Crippen molar-refractivity contribution in [2.45, 2.75) is 19.8 Å². The summed E-state index contributed by atoms with van der Waals surface area (Å²) in [4.78, 5) is 11.0. The molecule has 0 aliphatic heterocycles. The van der Waals surface area contributed by atoms with Crippen LogP contribution < -0.4 is 5.32 Å². The molecule has 0 aliphatic rings. The van der Waals surface area contributed by atoms with E-state index in [-0.39, 0.29) is 11.8 Å². The van der Waals surface area contributed by atoms with E-state index in [1.165, 1.54) is 0 Å². The first-order valence-electron chi connectivity index (χ1n) is 3.58. The predicted molar refractivity (Wildman–Crippen MR) is 42.7 cm³/mol. The molecule has 0 aromatic rings. The van der Waals surface area contributed by atoms with E-state index in [2.05, 4.69) is 11.9 Å². The van der Waals surface area contributed by atoms with Gasteiger partial charge in [0.25, 0.3) is 0 Å². The molecule has 0 aromatic carbocycles. The monoisotopic (exact) mass is 141 g/mol. The summed E-state index contributed by atoms with van der Waals surface area (Å²) in [5, 5.41) is 2.61. The van der Waals surface area contributed by atoms with E-state index in [0.29, 0.717) is 0 Å². The molecule has 0 spiro atoms. The summed E-state index contributed by atoms with van der Waals surface area (Å²) in [6.07, 6.45) is 3.44. The van der Waals surface area contributed by atoms with Gasteiger partial charge in [-0.1, -0.05) is 13.0 Å². The molecular formula is C8H15NO. The SMILES string of the molecule is C=CC[C@H](CC)C(=O)NC. The molecule has 58 valence electrons. The van der Waals surface area contributed by atoms with E-state index >= 15 is 0 Å². The van der Waals surface area contributed by atoms with Crippen LogP contribution in [0.4, 0.5) is 0 Å². The van der Waals surface area contributed by atoms with Crippen LogP contribution in [0.2, 0.25) is 0 Å². The van der Waals surface area contributed by atoms with E-state index in [0.717, 1.165) is 12.8 Å². The van der Waals surface area contributed by atoms with Gasteiger partial charge in [0.05, 0.1) is 0 Å². The van der Waals surface area contributed by atoms with E-state index in [9.17, 15) is 4.79 Å². The molecule has 0 heterocycles. The minimum absolute atomic E-state index is 0.113. The summed E-state index contributed by atoms with van der Waals surface area (Å²) >= 11 is 0. The highest BCUT2D eigenvalue weighted by molar-refractivity contribution is 5.78. The minimum Gasteiger partial charge on any atom is -0.359 e. The number of rotatable bonds is 4. The fourth-order valence-electron chi connectivity index (χ4n) is 0.864. The molecule has 1 amide bonds. The van der Waals surface area contributed by atoms with E-state index in [1.807, 2.05) is 6.92 Å². The Labute approximate surface area is 62.3 Å². The lowest BCUT2D eigenvalue weighted by atomic mass is 10.0. The van der Waals surface area contributed by atoms with Crippen molar-refractivity contribution >= 4 is 5.91 Å². The van der Waals surface area contributed by atoms with Crippen LogP contribution in [0.25, 0.3) is 0 Å². The van der Waals surface area contributed by atoms with Crippen LogP contribution in [-0.2, 0) is 4.79 Å². The lowest BCUT2D eigenvalue weighted by Crippen LogP contribution is -2.26. The average molecular weight is 141 g/mol. The molecule has 2 nitrogen and oxygen atoms in total. The Kier molecular flexibility index (Phi) is 4.63. The largest absolute Gasteiger partial charge is 0.359 e. The Morgan fingerprint density at radius 1 is 1.80 bits per heavy atom. The van der Waals surface area contributed by atoms with Gasteiger partial charge in [-0.3, -0.25) is 4.79 Å². The number of hydrogen-bond acceptors (Lipinski definition) is 1. The van der Waals surface area contributed by atoms with Gasteiger partial charge in [-0.2, -0.15) is 0 Å². The standard InChI is InChI=1S/C8H15NO/c1-4-6-7(5-2)8(10)9-3/h4,7H,1,5-6H2,2-3H3,(H,9,10)/t7-/m0/s1. The van der Waals surface area contributed by atoms with Crippen molar-refractivity contribution in [1.82, 2.24) is 5.32 Å². The van der Waals surface area contributed by atoms with Crippen LogP contribution in [0.5, 0.6) is 0 Å². The van der Waals surface area contributed by atoms with Crippen molar-refractivity contribution in [2.75, 3.05) is 7.05 Å². The van der Waals surface area contributed by atoms with Gasteiger partial charge in [-0.05, 0) is 12.8 Å². The summed E-state index contributed by atoms with van der Waals surface area (Å²) in [7, 11) is 1.66. The molecule has 0 rings (SSSR count). The molecule has 0 radical (unpaired) electrons. The van der Waals surface area contributed by atoms with Gasteiger partial charge in [0, 0.05) is 13.0 Å². The van der Waals surface area contributed by atoms with E-state index in [4.69, 9.17) is 0 Å². The zero-order valence-corrected chi connectivity index (χ0v) is 6.68. The summed E-state index contributed by atoms with van der Waals surface area (Å²) in [6, 6.07) is 0. The summed E-state index contributed by atoms with van der Waals surface area (Å²) in [6.45, 7) is 5.59. The molecule has 0 aromatic heterocycles. The number of nitrogens with one attached hydrogen (secondary N) is 1. The maximum absolute atomic E-state index is 11.0. The lowest BCUT2D eigenvalue weighted by Gasteiger charge is -2.09. The molecule has 0 saturated carbocycles. The van der Waals surface area contributed by atoms with Crippen molar-refractivity contribution < 1.29 is 4.79 Å². The Hall–Kier alpha value is -0.790. The molecule has 0 fully saturated rings. The predicted octanol–water partition coefficient (Wildman–Crippen LogP) is 1.33. The second kappa shape index (κ2) is 5.03. The first kappa shape index (κ1) is 9.21. The molecule has 1 atom stereocenters. The maximum Gasteiger partial charge on any atom is 0.223 e. The van der Waals surface area contributed by atoms with Crippen molar-refractivity contribution in [1.29, 1.82) is 0 Å². The van der Waals surface area contributed by atoms with Gasteiger partial charge in [0.2, 0.25) is 5.91 Å². The molecule has 10 heavy (non-hydrogen) atoms. The summed E-state index contributed by atoms with van der Waals surface area (Å²) < 4.78 is 0. The summed E-state index contributed by atoms with van der Waals surface area (Å²) in [5.74, 6) is 0.227. The topological polar surface area (TPSA) is 29.1 Å². The van der Waals surface area contributed by atoms with Crippen LogP contribution in [0, 0.1) is 5.92 Å². The molecule has 1 N–H and O–H groups in total. The fraction of sp³-hybridized carbons (Fsp3) is 0.625. The molecule has 2 heteroatoms. The molecular weight excluding hydrogens is 126 g/mol. The van der Waals surface area contributed by atoms with Gasteiger partial charge in [0.1, 0.15) is 0 Å². The molecule has 0 aliphatic carbocycles. The third kappa shape index (κ3) is 2.67. The van der Waals surface area contributed by atoms with Gasteiger partial charge >= 0.3 is 0 Å². The number of carbonyl (C=O) groups excluding carboxylic acids is 1. The summed E-state index contributed by atoms with van der Waals surface area (Å²) in [5.41, 5.74) is 0. The maximum atomic E-state index is 11.0. The van der Waals surface area contributed by atoms with Gasteiger partial charge < -0.3 is 5.32 Å². The Balaban J connectivity index is 3.79. The third-order valence-electron chi connectivity index (χ3n) is 1.56. The van der Waals surface area contributed by atoms with Crippen molar-refractivity contribution in [2.24, 2.45) is 5.92 Å². The minimum atomic E-state index is 0.113. The van der Waals surface area contributed by atoms with Crippen LogP contribution in [0.3, 0.4) is 0 Å². The smallest absolute Gasteiger partial charge is 0.223 e. The van der Waals surface area contributed by atoms with E-state index < -0.39 is 0 Å². The lowest BCUT2D eigenvalue weighted by molar-refractivity contribution is -0.124. The van der Waals surface area contributed by atoms with Crippen LogP contribution in [-0.4, -0.2) is 13.0 Å². The number of hydrogen-bond donors (Lipinski definition) is 1. The van der Waals surface area contributed by atoms with Crippen molar-refractivity contribution in [3.05, 3.63) is 12.7 Å². The molecule has 0 unspecified atom stereocenters. The highest BCUT2D eigenvalue weighted by Gasteiger charge is 2.11. The first-order valence-corrected chi connectivity index (χ1v) is 3.58. The zero-order valence-electron chi connectivity index (χ0n) is 6.68. The number of carbonyl (C=O) groups is 1. The van der Waals surface area contributed by atoms with Crippen LogP contribution >= 0.6 is 0 Å². The highest BCUT2D eigenvalue weighted by Crippen LogP contribution is 2.07. The number of amides is 1. The molecule has 0 saturated heterocycles. The average Bonchev–Trinajstić information content (AvgIpc) is 1.99. The first-order chi connectivity index (χ1) is 4.76. The zero-order chi connectivity index (χ0) is 7.98. The Bertz CT molecular complexity index is 120. The Morgan fingerprint density at radius 3 is 2.70 bits per heavy atom. The number of allylic oxidation sites excluding steroid dienone is 1. The van der Waals surface area contributed by atoms with E-state index in [1.54, 1.807) is 13.1 Å². The van der Waals surface area contributed by atoms with Gasteiger partial charge in [0.15, 0.2) is 0 Å². The second-order valence-electron chi connectivity index (χ2n) is 2.24. The molecule has 0 bridgehead atoms. The Morgan fingerprint density at radius 2 is 2.40 bits per heavy atom. The van der Waals surface area contributed by atoms with Crippen LogP contribution in [0.15, 0.2) is 12.7 Å². The second-order valence-corrected chi connectivity index (χ2v) is 2.24. The normalized spacial score (nSPS) is 12.2. The third-order valence-corrected chi connectivity index (χ3v) is 1.56. The quantitative estimate of drug-likeness (QED) is 0.588. The van der Waals surface area contributed by atoms with Gasteiger partial charge in [-0.15, -0.1) is 6.58 Å². The van der Waals surface area contributed by atoms with Crippen LogP contribution in [0.1, 0.15) is 19.8 Å². The fourth-order valence-corrected chi connectivity index (χ4v) is 0.864. The van der Waals surface area contributed by atoms with Crippen molar-refractivity contribution in [3.63, 3.8) is 0 Å². The van der Waals surface area contributed by atoms with Gasteiger partial charge in [-0.25, -0.2) is 0 Å². The highest BCUT2D eigenvalue weighted by atomic mass is 16.1.